The Morgan fingerprint density at radius 2 is 2.12 bits per heavy atom. The number of rotatable bonds is 1. The van der Waals surface area contributed by atoms with Crippen molar-refractivity contribution in [1.82, 2.24) is 0 Å². The van der Waals surface area contributed by atoms with Crippen molar-refractivity contribution in [2.75, 3.05) is 6.61 Å². The molecule has 0 unspecified atom stereocenters. The van der Waals surface area contributed by atoms with Crippen LogP contribution in [0.1, 0.15) is 50.7 Å². The Bertz CT molecular complexity index is 701. The monoisotopic (exact) mass is 362 g/mol. The van der Waals surface area contributed by atoms with Crippen LogP contribution in [-0.4, -0.2) is 35.2 Å². The van der Waals surface area contributed by atoms with Gasteiger partial charge in [-0.3, -0.25) is 4.79 Å². The Hall–Kier alpha value is -1.37. The number of fused-ring (bicyclic) bond motifs is 1. The smallest absolute Gasteiger partial charge is 0.313 e. The number of esters is 1. The number of aliphatic hydroxyl groups excluding tert-OH is 2. The van der Waals surface area contributed by atoms with E-state index in [0.29, 0.717) is 19.4 Å². The summed E-state index contributed by atoms with van der Waals surface area (Å²) < 4.78 is 16.7. The van der Waals surface area contributed by atoms with Gasteiger partial charge in [-0.2, -0.15) is 0 Å². The lowest BCUT2D eigenvalue weighted by atomic mass is 9.43. The lowest BCUT2D eigenvalue weighted by Gasteiger charge is -2.59. The molecule has 0 bridgehead atoms. The summed E-state index contributed by atoms with van der Waals surface area (Å²) in [4.78, 5) is 13.3. The normalized spacial score (nSPS) is 50.5. The molecule has 6 nitrogen and oxygen atoms in total. The van der Waals surface area contributed by atoms with Crippen LogP contribution in [0.2, 0.25) is 0 Å². The molecule has 0 radical (unpaired) electrons. The van der Waals surface area contributed by atoms with Gasteiger partial charge in [0.25, 0.3) is 0 Å². The van der Waals surface area contributed by atoms with Gasteiger partial charge >= 0.3 is 5.97 Å². The number of furan rings is 1. The molecular weight excluding hydrogens is 336 g/mol. The second-order valence-electron chi connectivity index (χ2n) is 8.75. The highest BCUT2D eigenvalue weighted by molar-refractivity contribution is 5.80. The first-order valence-corrected chi connectivity index (χ1v) is 9.71. The number of carbonyl (C=O) groups is 1. The molecule has 1 aromatic heterocycles. The largest absolute Gasteiger partial charge is 0.472 e. The quantitative estimate of drug-likeness (QED) is 0.746. The predicted octanol–water partition coefficient (Wildman–Crippen LogP) is 2.41. The molecule has 3 heterocycles. The van der Waals surface area contributed by atoms with Crippen LogP contribution in [0.15, 0.2) is 23.0 Å². The van der Waals surface area contributed by atoms with Gasteiger partial charge in [-0.15, -0.1) is 0 Å². The number of aliphatic hydroxyl groups is 2. The van der Waals surface area contributed by atoms with Crippen molar-refractivity contribution in [2.24, 2.45) is 28.6 Å². The summed E-state index contributed by atoms with van der Waals surface area (Å²) in [7, 11) is 0. The van der Waals surface area contributed by atoms with Crippen LogP contribution in [0.5, 0.6) is 0 Å². The molecule has 2 saturated carbocycles. The zero-order chi connectivity index (χ0) is 18.1. The maximum atomic E-state index is 13.3. The number of cyclic esters (lactones) is 1. The van der Waals surface area contributed by atoms with Crippen molar-refractivity contribution in [2.45, 2.75) is 57.5 Å². The van der Waals surface area contributed by atoms with Crippen LogP contribution in [0.25, 0.3) is 0 Å². The second-order valence-corrected chi connectivity index (χ2v) is 8.75. The van der Waals surface area contributed by atoms with Crippen molar-refractivity contribution >= 4 is 5.97 Å². The first kappa shape index (κ1) is 16.8. The standard InChI is InChI=1S/C20H26O6/c1-11-7-16(21)20-10-25-17(22)13(20)3-2-4-15(20)19(11)8-14(26-18(19)23)12-5-6-24-9-12/h5-6,9,11,13-17,21-22H,2-4,7-8,10H2,1H3/t11-,13-,14-,15+,16+,17-,19-,20-/m0/s1. The topological polar surface area (TPSA) is 89.1 Å². The van der Waals surface area contributed by atoms with E-state index in [1.54, 1.807) is 12.5 Å². The van der Waals surface area contributed by atoms with Crippen LogP contribution in [0.4, 0.5) is 0 Å². The number of hydrogen-bond acceptors (Lipinski definition) is 6. The molecule has 5 rings (SSSR count). The molecule has 2 aliphatic heterocycles. The molecule has 142 valence electrons. The molecule has 2 saturated heterocycles. The molecule has 2 spiro atoms. The molecule has 26 heavy (non-hydrogen) atoms. The van der Waals surface area contributed by atoms with Crippen molar-refractivity contribution in [3.05, 3.63) is 24.2 Å². The number of hydrogen-bond donors (Lipinski definition) is 2. The van der Waals surface area contributed by atoms with E-state index in [-0.39, 0.29) is 29.8 Å². The summed E-state index contributed by atoms with van der Waals surface area (Å²) in [5, 5.41) is 21.5. The van der Waals surface area contributed by atoms with E-state index in [4.69, 9.17) is 13.9 Å². The fourth-order valence-electron chi connectivity index (χ4n) is 6.72. The van der Waals surface area contributed by atoms with Gasteiger partial charge in [0.15, 0.2) is 6.29 Å². The Labute approximate surface area is 152 Å². The molecule has 2 N–H and O–H groups in total. The minimum absolute atomic E-state index is 0.0222. The summed E-state index contributed by atoms with van der Waals surface area (Å²) in [6.45, 7) is 2.38. The van der Waals surface area contributed by atoms with Gasteiger partial charge in [-0.1, -0.05) is 13.3 Å². The minimum atomic E-state index is -0.847. The molecular formula is C20H26O6. The maximum Gasteiger partial charge on any atom is 0.313 e. The lowest BCUT2D eigenvalue weighted by molar-refractivity contribution is -0.194. The Morgan fingerprint density at radius 3 is 2.88 bits per heavy atom. The van der Waals surface area contributed by atoms with Crippen molar-refractivity contribution in [3.63, 3.8) is 0 Å². The summed E-state index contributed by atoms with van der Waals surface area (Å²) in [5.41, 5.74) is -0.292. The van der Waals surface area contributed by atoms with E-state index in [0.717, 1.165) is 24.8 Å². The van der Waals surface area contributed by atoms with Gasteiger partial charge in [-0.05, 0) is 37.2 Å². The average Bonchev–Trinajstić information content (AvgIpc) is 3.33. The average molecular weight is 362 g/mol. The molecule has 4 fully saturated rings. The minimum Gasteiger partial charge on any atom is -0.472 e. The first-order chi connectivity index (χ1) is 12.5. The van der Waals surface area contributed by atoms with E-state index in [9.17, 15) is 15.0 Å². The van der Waals surface area contributed by atoms with Crippen LogP contribution < -0.4 is 0 Å². The highest BCUT2D eigenvalue weighted by Gasteiger charge is 2.72. The highest BCUT2D eigenvalue weighted by Crippen LogP contribution is 2.68. The number of ether oxygens (including phenoxy) is 2. The molecule has 1 aromatic rings. The molecule has 8 atom stereocenters. The molecule has 0 aromatic carbocycles. The highest BCUT2D eigenvalue weighted by atomic mass is 16.6. The molecule has 6 heteroatoms. The van der Waals surface area contributed by atoms with Crippen molar-refractivity contribution in [1.29, 1.82) is 0 Å². The van der Waals surface area contributed by atoms with Crippen LogP contribution in [0, 0.1) is 28.6 Å². The van der Waals surface area contributed by atoms with E-state index in [1.165, 1.54) is 0 Å². The van der Waals surface area contributed by atoms with Crippen molar-refractivity contribution in [3.8, 4) is 0 Å². The Balaban J connectivity index is 1.59. The molecule has 4 aliphatic rings. The van der Waals surface area contributed by atoms with Crippen LogP contribution in [0.3, 0.4) is 0 Å². The zero-order valence-electron chi connectivity index (χ0n) is 15.0. The number of carbonyl (C=O) groups excluding carboxylic acids is 1. The third-order valence-corrected chi connectivity index (χ3v) is 7.96. The summed E-state index contributed by atoms with van der Waals surface area (Å²) in [6, 6.07) is 1.85. The van der Waals surface area contributed by atoms with Crippen LogP contribution in [-0.2, 0) is 14.3 Å². The maximum absolute atomic E-state index is 13.3. The fourth-order valence-corrected chi connectivity index (χ4v) is 6.72. The third-order valence-electron chi connectivity index (χ3n) is 7.96. The summed E-state index contributed by atoms with van der Waals surface area (Å²) >= 11 is 0. The van der Waals surface area contributed by atoms with Gasteiger partial charge < -0.3 is 24.1 Å². The zero-order valence-corrected chi connectivity index (χ0v) is 15.0. The summed E-state index contributed by atoms with van der Waals surface area (Å²) in [6.07, 6.45) is 5.30. The Kier molecular flexibility index (Phi) is 3.59. The molecule has 0 amide bonds. The SMILES string of the molecule is C[C@H]1C[C@@H](O)[C@@]23CO[C@H](O)[C@@H]2CCC[C@@H]3[C@]12C[C@@H](c1ccoc1)OC2=O. The first-order valence-electron chi connectivity index (χ1n) is 9.71. The molecule has 2 aliphatic carbocycles. The third kappa shape index (κ3) is 1.90. The fraction of sp³-hybridized carbons (Fsp3) is 0.750. The van der Waals surface area contributed by atoms with E-state index >= 15 is 0 Å². The van der Waals surface area contributed by atoms with Gasteiger partial charge in [0.05, 0.1) is 30.7 Å². The predicted molar refractivity (Wildman–Crippen MR) is 89.6 cm³/mol. The van der Waals surface area contributed by atoms with Gasteiger partial charge in [0, 0.05) is 23.3 Å². The van der Waals surface area contributed by atoms with Gasteiger partial charge in [0.1, 0.15) is 6.10 Å². The lowest BCUT2D eigenvalue weighted by Crippen LogP contribution is -2.63. The summed E-state index contributed by atoms with van der Waals surface area (Å²) in [5.74, 6) is -0.279. The van der Waals surface area contributed by atoms with Gasteiger partial charge in [0.2, 0.25) is 0 Å². The van der Waals surface area contributed by atoms with E-state index in [2.05, 4.69) is 6.92 Å². The second kappa shape index (κ2) is 5.57. The Morgan fingerprint density at radius 1 is 1.27 bits per heavy atom. The van der Waals surface area contributed by atoms with E-state index < -0.39 is 23.2 Å². The van der Waals surface area contributed by atoms with E-state index in [1.807, 2.05) is 6.07 Å². The van der Waals surface area contributed by atoms with Gasteiger partial charge in [-0.25, -0.2) is 0 Å². The van der Waals surface area contributed by atoms with Crippen LogP contribution >= 0.6 is 0 Å². The van der Waals surface area contributed by atoms with Crippen molar-refractivity contribution < 1.29 is 28.9 Å².